The Morgan fingerprint density at radius 3 is 2.81 bits per heavy atom. The van der Waals surface area contributed by atoms with Crippen molar-refractivity contribution < 1.29 is 4.39 Å². The number of benzene rings is 1. The Morgan fingerprint density at radius 1 is 1.44 bits per heavy atom. The van der Waals surface area contributed by atoms with E-state index in [4.69, 9.17) is 0 Å². The van der Waals surface area contributed by atoms with E-state index in [1.54, 1.807) is 0 Å². The van der Waals surface area contributed by atoms with Crippen molar-refractivity contribution in [3.63, 3.8) is 0 Å². The summed E-state index contributed by atoms with van der Waals surface area (Å²) in [5.74, 6) is -0.203. The Morgan fingerprint density at radius 2 is 2.25 bits per heavy atom. The molecule has 16 heavy (non-hydrogen) atoms. The maximum absolute atomic E-state index is 13.0. The lowest BCUT2D eigenvalue weighted by molar-refractivity contribution is 0.618. The molecule has 1 N–H and O–H groups in total. The molecule has 0 heterocycles. The highest BCUT2D eigenvalue weighted by Crippen LogP contribution is 2.34. The monoisotopic (exact) mass is 283 g/mol. The standard InChI is InChI=1S/C13H15BrFN/c1-16-13(9-4-2-3-5-9)11-7-6-10(15)8-12(11)14/h4,6-8,13,16H,2-3,5H2,1H3. The third-order valence-electron chi connectivity index (χ3n) is 3.01. The molecule has 1 aromatic carbocycles. The summed E-state index contributed by atoms with van der Waals surface area (Å²) in [5.41, 5.74) is 2.52. The van der Waals surface area contributed by atoms with Crippen LogP contribution in [0.3, 0.4) is 0 Å². The molecular formula is C13H15BrFN. The van der Waals surface area contributed by atoms with Crippen LogP contribution in [0.25, 0.3) is 0 Å². The second kappa shape index (κ2) is 5.11. The molecule has 2 rings (SSSR count). The lowest BCUT2D eigenvalue weighted by atomic mass is 9.98. The molecule has 0 aromatic heterocycles. The fourth-order valence-corrected chi connectivity index (χ4v) is 2.81. The van der Waals surface area contributed by atoms with Crippen LogP contribution in [0.4, 0.5) is 4.39 Å². The van der Waals surface area contributed by atoms with E-state index in [0.29, 0.717) is 0 Å². The van der Waals surface area contributed by atoms with Gasteiger partial charge in [0.1, 0.15) is 5.82 Å². The van der Waals surface area contributed by atoms with Crippen LogP contribution in [0.5, 0.6) is 0 Å². The van der Waals surface area contributed by atoms with Gasteiger partial charge in [-0.05, 0) is 44.0 Å². The highest BCUT2D eigenvalue weighted by atomic mass is 79.9. The predicted molar refractivity (Wildman–Crippen MR) is 67.8 cm³/mol. The predicted octanol–water partition coefficient (Wildman–Crippen LogP) is 3.96. The first-order valence-corrected chi connectivity index (χ1v) is 6.33. The van der Waals surface area contributed by atoms with Crippen molar-refractivity contribution in [2.24, 2.45) is 0 Å². The number of halogens is 2. The van der Waals surface area contributed by atoms with Gasteiger partial charge in [0.2, 0.25) is 0 Å². The lowest BCUT2D eigenvalue weighted by Gasteiger charge is -2.19. The quantitative estimate of drug-likeness (QED) is 0.828. The summed E-state index contributed by atoms with van der Waals surface area (Å²) in [5, 5.41) is 3.30. The zero-order chi connectivity index (χ0) is 11.5. The Bertz CT molecular complexity index is 414. The second-order valence-electron chi connectivity index (χ2n) is 4.06. The van der Waals surface area contributed by atoms with Gasteiger partial charge >= 0.3 is 0 Å². The first-order chi connectivity index (χ1) is 7.72. The van der Waals surface area contributed by atoms with Gasteiger partial charge < -0.3 is 5.32 Å². The van der Waals surface area contributed by atoms with Crippen molar-refractivity contribution >= 4 is 15.9 Å². The molecule has 1 aliphatic carbocycles. The summed E-state index contributed by atoms with van der Waals surface area (Å²) in [6.07, 6.45) is 5.81. The SMILES string of the molecule is CNC(C1=CCCC1)c1ccc(F)cc1Br. The van der Waals surface area contributed by atoms with Gasteiger partial charge in [0.15, 0.2) is 0 Å². The molecule has 0 bridgehead atoms. The van der Waals surface area contributed by atoms with Crippen LogP contribution in [0.1, 0.15) is 30.9 Å². The first kappa shape index (κ1) is 11.8. The summed E-state index contributed by atoms with van der Waals surface area (Å²) < 4.78 is 13.9. The Kier molecular flexibility index (Phi) is 3.77. The average Bonchev–Trinajstić information content (AvgIpc) is 2.75. The maximum Gasteiger partial charge on any atom is 0.124 e. The summed E-state index contributed by atoms with van der Waals surface area (Å²) in [6.45, 7) is 0. The largest absolute Gasteiger partial charge is 0.310 e. The minimum atomic E-state index is -0.203. The molecule has 1 nitrogen and oxygen atoms in total. The fraction of sp³-hybridized carbons (Fsp3) is 0.385. The van der Waals surface area contributed by atoms with E-state index in [0.717, 1.165) is 22.9 Å². The molecule has 0 saturated carbocycles. The van der Waals surface area contributed by atoms with Gasteiger partial charge in [-0.1, -0.05) is 33.6 Å². The van der Waals surface area contributed by atoms with Gasteiger partial charge in [-0.2, -0.15) is 0 Å². The fourth-order valence-electron chi connectivity index (χ4n) is 2.23. The zero-order valence-electron chi connectivity index (χ0n) is 9.26. The number of rotatable bonds is 3. The minimum absolute atomic E-state index is 0.203. The van der Waals surface area contributed by atoms with E-state index in [-0.39, 0.29) is 11.9 Å². The minimum Gasteiger partial charge on any atom is -0.310 e. The molecule has 0 amide bonds. The number of nitrogens with one attached hydrogen (secondary N) is 1. The molecule has 1 unspecified atom stereocenters. The van der Waals surface area contributed by atoms with Crippen molar-refractivity contribution in [3.8, 4) is 0 Å². The molecule has 0 fully saturated rings. The molecule has 0 saturated heterocycles. The number of likely N-dealkylation sites (N-methyl/N-ethyl adjacent to an activating group) is 1. The molecule has 0 radical (unpaired) electrons. The first-order valence-electron chi connectivity index (χ1n) is 5.53. The number of hydrogen-bond donors (Lipinski definition) is 1. The smallest absolute Gasteiger partial charge is 0.124 e. The Hall–Kier alpha value is -0.670. The van der Waals surface area contributed by atoms with Gasteiger partial charge in [-0.25, -0.2) is 4.39 Å². The molecule has 1 atom stereocenters. The van der Waals surface area contributed by atoms with Crippen molar-refractivity contribution in [3.05, 3.63) is 45.7 Å². The van der Waals surface area contributed by atoms with Crippen LogP contribution in [0.15, 0.2) is 34.3 Å². The van der Waals surface area contributed by atoms with Crippen LogP contribution in [-0.2, 0) is 0 Å². The Labute approximate surface area is 104 Å². The summed E-state index contributed by atoms with van der Waals surface area (Å²) in [4.78, 5) is 0. The number of allylic oxidation sites excluding steroid dienone is 1. The average molecular weight is 284 g/mol. The van der Waals surface area contributed by atoms with Crippen LogP contribution in [0.2, 0.25) is 0 Å². The third kappa shape index (κ3) is 2.36. The van der Waals surface area contributed by atoms with E-state index in [9.17, 15) is 4.39 Å². The highest BCUT2D eigenvalue weighted by molar-refractivity contribution is 9.10. The maximum atomic E-state index is 13.0. The van der Waals surface area contributed by atoms with E-state index < -0.39 is 0 Å². The van der Waals surface area contributed by atoms with Crippen LogP contribution in [0, 0.1) is 5.82 Å². The second-order valence-corrected chi connectivity index (χ2v) is 4.91. The van der Waals surface area contributed by atoms with Gasteiger partial charge in [0.25, 0.3) is 0 Å². The molecular weight excluding hydrogens is 269 g/mol. The van der Waals surface area contributed by atoms with Crippen molar-refractivity contribution in [1.29, 1.82) is 0 Å². The van der Waals surface area contributed by atoms with Crippen LogP contribution < -0.4 is 5.32 Å². The molecule has 1 aliphatic rings. The van der Waals surface area contributed by atoms with Crippen LogP contribution >= 0.6 is 15.9 Å². The van der Waals surface area contributed by atoms with Gasteiger partial charge in [0, 0.05) is 4.47 Å². The molecule has 0 spiro atoms. The lowest BCUT2D eigenvalue weighted by Crippen LogP contribution is -2.18. The van der Waals surface area contributed by atoms with Crippen molar-refractivity contribution in [2.75, 3.05) is 7.05 Å². The van der Waals surface area contributed by atoms with Gasteiger partial charge in [-0.3, -0.25) is 0 Å². The summed E-state index contributed by atoms with van der Waals surface area (Å²) >= 11 is 3.43. The molecule has 1 aromatic rings. The van der Waals surface area contributed by atoms with E-state index in [1.807, 2.05) is 13.1 Å². The topological polar surface area (TPSA) is 12.0 Å². The van der Waals surface area contributed by atoms with E-state index in [2.05, 4.69) is 27.3 Å². The molecule has 86 valence electrons. The normalized spacial score (nSPS) is 17.3. The van der Waals surface area contributed by atoms with Crippen molar-refractivity contribution in [1.82, 2.24) is 5.32 Å². The number of hydrogen-bond acceptors (Lipinski definition) is 1. The Balaban J connectivity index is 2.32. The van der Waals surface area contributed by atoms with Gasteiger partial charge in [0.05, 0.1) is 6.04 Å². The van der Waals surface area contributed by atoms with Crippen LogP contribution in [-0.4, -0.2) is 7.05 Å². The molecule has 3 heteroatoms. The third-order valence-corrected chi connectivity index (χ3v) is 3.70. The molecule has 0 aliphatic heterocycles. The highest BCUT2D eigenvalue weighted by Gasteiger charge is 2.19. The zero-order valence-corrected chi connectivity index (χ0v) is 10.8. The van der Waals surface area contributed by atoms with E-state index in [1.165, 1.54) is 24.1 Å². The van der Waals surface area contributed by atoms with Gasteiger partial charge in [-0.15, -0.1) is 0 Å². The summed E-state index contributed by atoms with van der Waals surface area (Å²) in [7, 11) is 1.94. The van der Waals surface area contributed by atoms with Crippen molar-refractivity contribution in [2.45, 2.75) is 25.3 Å². The summed E-state index contributed by atoms with van der Waals surface area (Å²) in [6, 6.07) is 5.09. The van der Waals surface area contributed by atoms with E-state index >= 15 is 0 Å².